The lowest BCUT2D eigenvalue weighted by molar-refractivity contribution is 1.17. The van der Waals surface area contributed by atoms with Gasteiger partial charge in [0.25, 0.3) is 0 Å². The van der Waals surface area contributed by atoms with E-state index >= 15 is 0 Å². The molecule has 6 nitrogen and oxygen atoms in total. The summed E-state index contributed by atoms with van der Waals surface area (Å²) in [6.45, 7) is 0. The molecule has 2 heterocycles. The van der Waals surface area contributed by atoms with Crippen LogP contribution in [0.3, 0.4) is 0 Å². The van der Waals surface area contributed by atoms with E-state index in [2.05, 4.69) is 225 Å². The zero-order chi connectivity index (χ0) is 44.1. The molecule has 308 valence electrons. The van der Waals surface area contributed by atoms with Crippen molar-refractivity contribution < 1.29 is 0 Å². The highest BCUT2D eigenvalue weighted by atomic mass is 15.2. The highest BCUT2D eigenvalue weighted by Crippen LogP contribution is 2.47. The van der Waals surface area contributed by atoms with Crippen molar-refractivity contribution in [2.24, 2.45) is 0 Å². The Morgan fingerprint density at radius 1 is 0.318 bits per heavy atom. The molecule has 0 saturated carbocycles. The molecule has 2 aromatic heterocycles. The van der Waals surface area contributed by atoms with Gasteiger partial charge in [-0.1, -0.05) is 121 Å². The van der Waals surface area contributed by atoms with E-state index in [4.69, 9.17) is 0 Å². The van der Waals surface area contributed by atoms with Crippen LogP contribution in [0.2, 0.25) is 0 Å². The topological polar surface area (TPSA) is 63.9 Å². The van der Waals surface area contributed by atoms with E-state index in [1.165, 1.54) is 0 Å². The van der Waals surface area contributed by atoms with Gasteiger partial charge in [0.05, 0.1) is 56.7 Å². The molecule has 0 spiro atoms. The Labute approximate surface area is 381 Å². The molecule has 12 rings (SSSR count). The van der Waals surface area contributed by atoms with Gasteiger partial charge >= 0.3 is 0 Å². The van der Waals surface area contributed by atoms with Crippen molar-refractivity contribution in [2.45, 2.75) is 0 Å². The molecule has 0 aliphatic rings. The number of benzene rings is 10. The Kier molecular flexibility index (Phi) is 9.16. The Bertz CT molecular complexity index is 3660. The Morgan fingerprint density at radius 3 is 1.14 bits per heavy atom. The van der Waals surface area contributed by atoms with Crippen molar-refractivity contribution in [3.05, 3.63) is 242 Å². The molecule has 0 aliphatic carbocycles. The van der Waals surface area contributed by atoms with E-state index < -0.39 is 0 Å². The van der Waals surface area contributed by atoms with E-state index in [1.54, 1.807) is 0 Å². The van der Waals surface area contributed by atoms with Gasteiger partial charge in [0.2, 0.25) is 0 Å². The van der Waals surface area contributed by atoms with Gasteiger partial charge in [-0.3, -0.25) is 0 Å². The van der Waals surface area contributed by atoms with Crippen LogP contribution in [0.5, 0.6) is 0 Å². The average molecular weight is 843 g/mol. The summed E-state index contributed by atoms with van der Waals surface area (Å²) >= 11 is 0. The summed E-state index contributed by atoms with van der Waals surface area (Å²) in [6.07, 6.45) is 0. The van der Waals surface area contributed by atoms with E-state index in [1.807, 2.05) is 36.4 Å². The normalized spacial score (nSPS) is 11.3. The lowest BCUT2D eigenvalue weighted by Gasteiger charge is -2.27. The molecule has 0 fully saturated rings. The van der Waals surface area contributed by atoms with Crippen LogP contribution in [-0.2, 0) is 0 Å². The van der Waals surface area contributed by atoms with Gasteiger partial charge in [-0.2, -0.15) is 10.5 Å². The summed E-state index contributed by atoms with van der Waals surface area (Å²) in [5, 5.41) is 26.8. The molecule has 12 aromatic rings. The highest BCUT2D eigenvalue weighted by Gasteiger charge is 2.26. The maximum atomic E-state index is 10.1. The average Bonchev–Trinajstić information content (AvgIpc) is 3.89. The first-order valence-electron chi connectivity index (χ1n) is 22.0. The minimum absolute atomic E-state index is 0.594. The molecule has 0 radical (unpaired) electrons. The van der Waals surface area contributed by atoms with Crippen LogP contribution in [0.1, 0.15) is 11.1 Å². The number of para-hydroxylation sites is 2. The van der Waals surface area contributed by atoms with Gasteiger partial charge in [0.1, 0.15) is 0 Å². The van der Waals surface area contributed by atoms with Crippen molar-refractivity contribution in [1.29, 1.82) is 10.5 Å². The summed E-state index contributed by atoms with van der Waals surface area (Å²) in [5.41, 5.74) is 13.3. The molecule has 66 heavy (non-hydrogen) atoms. The van der Waals surface area contributed by atoms with Crippen molar-refractivity contribution >= 4 is 88.5 Å². The second kappa shape index (κ2) is 15.8. The minimum Gasteiger partial charge on any atom is -0.310 e. The number of nitrogens with zero attached hydrogens (tertiary/aromatic N) is 6. The SMILES string of the molecule is N#Cc1cccc(N(c2ccc3c(c2)n(-c2ccccc2)c2c4ccc(N(c5cccc(C#N)c5)c5cccc6ccccc56)cc4n(-c4ccccc4)c32)c2cccc3ccccc23)c1. The summed E-state index contributed by atoms with van der Waals surface area (Å²) in [7, 11) is 0. The highest BCUT2D eigenvalue weighted by molar-refractivity contribution is 6.21. The molecule has 0 aliphatic heterocycles. The standard InChI is InChI=1S/C60H38N6/c61-39-41-15-11-25-47(35-41)63(55-29-13-19-43-17-7-9-27-51(43)55)49-31-33-53-57(37-49)65(45-21-3-1-4-22-45)59-54-34-32-50(38-58(54)66(60(53)59)46-23-5-2-6-24-46)64(48-26-12-16-42(36-48)40-62)56-30-14-20-44-18-8-10-28-52(44)56/h1-38H. The van der Waals surface area contributed by atoms with Gasteiger partial charge in [-0.25, -0.2) is 0 Å². The molecule has 6 heteroatoms. The number of fused-ring (bicyclic) bond motifs is 7. The van der Waals surface area contributed by atoms with Gasteiger partial charge < -0.3 is 18.9 Å². The molecule has 0 amide bonds. The monoisotopic (exact) mass is 842 g/mol. The van der Waals surface area contributed by atoms with E-state index in [0.29, 0.717) is 11.1 Å². The van der Waals surface area contributed by atoms with Crippen LogP contribution in [0.4, 0.5) is 34.1 Å². The predicted octanol–water partition coefficient (Wildman–Crippen LogP) is 15.7. The molecule has 0 N–H and O–H groups in total. The molecular weight excluding hydrogens is 805 g/mol. The lowest BCUT2D eigenvalue weighted by Crippen LogP contribution is -2.11. The van der Waals surface area contributed by atoms with Crippen molar-refractivity contribution in [3.8, 4) is 23.5 Å². The van der Waals surface area contributed by atoms with Gasteiger partial charge in [-0.15, -0.1) is 0 Å². The van der Waals surface area contributed by atoms with Crippen LogP contribution in [0, 0.1) is 22.7 Å². The third kappa shape index (κ3) is 6.25. The Balaban J connectivity index is 1.17. The third-order valence-corrected chi connectivity index (χ3v) is 12.7. The second-order valence-electron chi connectivity index (χ2n) is 16.4. The zero-order valence-corrected chi connectivity index (χ0v) is 35.6. The van der Waals surface area contributed by atoms with Crippen molar-refractivity contribution in [1.82, 2.24) is 9.13 Å². The molecule has 0 saturated heterocycles. The van der Waals surface area contributed by atoms with Crippen LogP contribution in [-0.4, -0.2) is 9.13 Å². The number of hydrogen-bond acceptors (Lipinski definition) is 4. The van der Waals surface area contributed by atoms with E-state index in [-0.39, 0.29) is 0 Å². The lowest BCUT2D eigenvalue weighted by atomic mass is 10.1. The zero-order valence-electron chi connectivity index (χ0n) is 35.6. The second-order valence-corrected chi connectivity index (χ2v) is 16.4. The first kappa shape index (κ1) is 38.3. The summed E-state index contributed by atoms with van der Waals surface area (Å²) in [6, 6.07) is 84.9. The van der Waals surface area contributed by atoms with Crippen molar-refractivity contribution in [2.75, 3.05) is 9.80 Å². The first-order chi connectivity index (χ1) is 32.7. The number of rotatable bonds is 8. The predicted molar refractivity (Wildman–Crippen MR) is 271 cm³/mol. The van der Waals surface area contributed by atoms with Gasteiger partial charge in [-0.05, 0) is 120 Å². The quantitative estimate of drug-likeness (QED) is 0.153. The maximum Gasteiger partial charge on any atom is 0.0992 e. The minimum atomic E-state index is 0.594. The fourth-order valence-corrected chi connectivity index (χ4v) is 9.82. The maximum absolute atomic E-state index is 10.1. The Hall–Kier alpha value is -9.36. The fourth-order valence-electron chi connectivity index (χ4n) is 9.82. The van der Waals surface area contributed by atoms with Crippen LogP contribution < -0.4 is 9.80 Å². The van der Waals surface area contributed by atoms with Crippen molar-refractivity contribution in [3.63, 3.8) is 0 Å². The molecule has 0 unspecified atom stereocenters. The van der Waals surface area contributed by atoms with E-state index in [0.717, 1.165) is 99.9 Å². The largest absolute Gasteiger partial charge is 0.310 e. The number of anilines is 6. The summed E-state index contributed by atoms with van der Waals surface area (Å²) < 4.78 is 4.81. The van der Waals surface area contributed by atoms with Gasteiger partial charge in [0.15, 0.2) is 0 Å². The fraction of sp³-hybridized carbons (Fsp3) is 0. The number of aromatic nitrogens is 2. The van der Waals surface area contributed by atoms with Crippen LogP contribution in [0.25, 0.3) is 65.8 Å². The van der Waals surface area contributed by atoms with E-state index in [9.17, 15) is 10.5 Å². The number of hydrogen-bond donors (Lipinski definition) is 0. The molecular formula is C60H38N6. The first-order valence-corrected chi connectivity index (χ1v) is 22.0. The summed E-state index contributed by atoms with van der Waals surface area (Å²) in [5.74, 6) is 0. The third-order valence-electron chi connectivity index (χ3n) is 12.7. The Morgan fingerprint density at radius 2 is 0.697 bits per heavy atom. The molecule has 0 bridgehead atoms. The summed E-state index contributed by atoms with van der Waals surface area (Å²) in [4.78, 5) is 4.54. The van der Waals surface area contributed by atoms with Gasteiger partial charge in [0, 0.05) is 55.7 Å². The van der Waals surface area contributed by atoms with Crippen LogP contribution in [0.15, 0.2) is 231 Å². The van der Waals surface area contributed by atoms with Crippen LogP contribution >= 0.6 is 0 Å². The molecule has 0 atom stereocenters. The number of nitriles is 2. The molecule has 10 aromatic carbocycles. The smallest absolute Gasteiger partial charge is 0.0992 e.